The van der Waals surface area contributed by atoms with E-state index in [0.29, 0.717) is 19.8 Å². The number of nitrogens with one attached hydrogen (secondary N) is 6. The fourth-order valence-corrected chi connectivity index (χ4v) is 13.6. The summed E-state index contributed by atoms with van der Waals surface area (Å²) in [6.07, 6.45) is 3.98. The number of piperidine rings is 1. The molecule has 0 amide bonds. The first-order valence-corrected chi connectivity index (χ1v) is 31.0. The Labute approximate surface area is 498 Å². The summed E-state index contributed by atoms with van der Waals surface area (Å²) in [7, 11) is 0. The Balaban J connectivity index is 0.000000109. The average Bonchev–Trinajstić information content (AvgIpc) is 1.84. The maximum atomic E-state index is 6.49. The summed E-state index contributed by atoms with van der Waals surface area (Å²) in [5.41, 5.74) is 13.3. The first-order chi connectivity index (χ1) is 42.6. The largest absolute Gasteiger partial charge is 0.488 e. The second kappa shape index (κ2) is 23.5. The molecule has 2 fully saturated rings. The number of para-hydroxylation sites is 6. The van der Waals surface area contributed by atoms with E-state index in [2.05, 4.69) is 222 Å². The number of hydrogen-bond acceptors (Lipinski definition) is 7. The van der Waals surface area contributed by atoms with Crippen LogP contribution in [0.4, 0.5) is 0 Å². The van der Waals surface area contributed by atoms with E-state index in [0.717, 1.165) is 142 Å². The number of likely N-dealkylation sites (N-methyl/N-ethyl adjacent to an activating group) is 1. The molecule has 0 aliphatic carbocycles. The van der Waals surface area contributed by atoms with E-state index in [1.165, 1.54) is 97.0 Å². The number of likely N-dealkylation sites (tertiary alicyclic amines) is 1. The number of H-pyrrole nitrogens is 6. The van der Waals surface area contributed by atoms with E-state index in [9.17, 15) is 0 Å². The number of aromatic nitrogens is 6. The highest BCUT2D eigenvalue weighted by atomic mass is 16.5. The van der Waals surface area contributed by atoms with Gasteiger partial charge in [-0.3, -0.25) is 9.80 Å². The van der Waals surface area contributed by atoms with Crippen LogP contribution in [0.5, 0.6) is 17.2 Å². The first kappa shape index (κ1) is 53.7. The van der Waals surface area contributed by atoms with Crippen LogP contribution in [-0.4, -0.2) is 137 Å². The predicted molar refractivity (Wildman–Crippen MR) is 357 cm³/mol. The van der Waals surface area contributed by atoms with Crippen molar-refractivity contribution >= 4 is 131 Å². The second-order valence-corrected chi connectivity index (χ2v) is 23.1. The van der Waals surface area contributed by atoms with Crippen molar-refractivity contribution in [3.05, 3.63) is 164 Å². The van der Waals surface area contributed by atoms with Crippen molar-refractivity contribution in [2.24, 2.45) is 0 Å². The molecule has 0 bridgehead atoms. The summed E-state index contributed by atoms with van der Waals surface area (Å²) in [6, 6.07) is 57.7. The van der Waals surface area contributed by atoms with Gasteiger partial charge in [0.1, 0.15) is 19.8 Å². The van der Waals surface area contributed by atoms with Crippen molar-refractivity contribution in [3.63, 3.8) is 0 Å². The number of hydrogen-bond donors (Lipinski definition) is 6. The lowest BCUT2D eigenvalue weighted by molar-refractivity contribution is 0.0324. The predicted octanol–water partition coefficient (Wildman–Crippen LogP) is 16.2. The van der Waals surface area contributed by atoms with Gasteiger partial charge in [-0.15, -0.1) is 0 Å². The summed E-state index contributed by atoms with van der Waals surface area (Å²) >= 11 is 0. The molecule has 0 radical (unpaired) electrons. The van der Waals surface area contributed by atoms with Crippen molar-refractivity contribution in [1.82, 2.24) is 44.6 Å². The Bertz CT molecular complexity index is 4440. The molecule has 13 heteroatoms. The molecule has 6 N–H and O–H groups in total. The quantitative estimate of drug-likeness (QED) is 0.0637. The molecule has 2 aliphatic heterocycles. The van der Waals surface area contributed by atoms with Gasteiger partial charge in [0.05, 0.1) is 46.3 Å². The molecule has 0 atom stereocenters. The molecule has 9 aromatic carbocycles. The van der Waals surface area contributed by atoms with E-state index >= 15 is 0 Å². The van der Waals surface area contributed by atoms with Crippen LogP contribution in [-0.2, 0) is 4.74 Å². The molecule has 17 rings (SSSR count). The Morgan fingerprint density at radius 3 is 0.930 bits per heavy atom. The molecule has 8 heterocycles. The highest BCUT2D eigenvalue weighted by Gasteiger charge is 2.22. The zero-order valence-corrected chi connectivity index (χ0v) is 49.1. The lowest BCUT2D eigenvalue weighted by atomic mass is 10.1. The molecule has 0 saturated carbocycles. The smallest absolute Gasteiger partial charge is 0.167 e. The van der Waals surface area contributed by atoms with E-state index in [4.69, 9.17) is 18.9 Å². The minimum Gasteiger partial charge on any atom is -0.488 e. The fourth-order valence-electron chi connectivity index (χ4n) is 13.6. The molecular weight excluding hydrogens is 1070 g/mol. The Hall–Kier alpha value is -8.98. The lowest BCUT2D eigenvalue weighted by Crippen LogP contribution is -2.38. The van der Waals surface area contributed by atoms with Gasteiger partial charge in [0.25, 0.3) is 0 Å². The van der Waals surface area contributed by atoms with Crippen LogP contribution in [0.2, 0.25) is 0 Å². The summed E-state index contributed by atoms with van der Waals surface area (Å²) in [6.45, 7) is 17.3. The zero-order valence-electron chi connectivity index (χ0n) is 49.1. The topological polar surface area (TPSA) is 141 Å². The number of nitrogens with zero attached hydrogens (tertiary/aromatic N) is 3. The van der Waals surface area contributed by atoms with Crippen LogP contribution >= 0.6 is 0 Å². The third-order valence-electron chi connectivity index (χ3n) is 18.1. The summed E-state index contributed by atoms with van der Waals surface area (Å²) in [5.74, 6) is 2.78. The zero-order chi connectivity index (χ0) is 57.5. The first-order valence-electron chi connectivity index (χ1n) is 31.0. The summed E-state index contributed by atoms with van der Waals surface area (Å²) in [4.78, 5) is 28.9. The van der Waals surface area contributed by atoms with Gasteiger partial charge in [-0.2, -0.15) is 0 Å². The van der Waals surface area contributed by atoms with Crippen LogP contribution in [0.25, 0.3) is 131 Å². The average molecular weight is 1140 g/mol. The number of rotatable bonds is 14. The Morgan fingerprint density at radius 2 is 0.628 bits per heavy atom. The van der Waals surface area contributed by atoms with Gasteiger partial charge in [0, 0.05) is 130 Å². The van der Waals surface area contributed by atoms with Crippen LogP contribution in [0.15, 0.2) is 164 Å². The van der Waals surface area contributed by atoms with Crippen molar-refractivity contribution in [3.8, 4) is 17.2 Å². The molecule has 86 heavy (non-hydrogen) atoms. The maximum Gasteiger partial charge on any atom is 0.167 e. The monoisotopic (exact) mass is 1140 g/mol. The van der Waals surface area contributed by atoms with Crippen molar-refractivity contribution in [2.75, 3.05) is 91.9 Å². The van der Waals surface area contributed by atoms with Crippen molar-refractivity contribution in [1.29, 1.82) is 0 Å². The number of aromatic amines is 6. The van der Waals surface area contributed by atoms with E-state index in [-0.39, 0.29) is 0 Å². The standard InChI is InChI=1S/C25H25N3O.C24H23N3O2.C24H25N3O/c1-6-12-28(13-7-1)14-15-29-25-23-19(17-8-2-4-10-21(17)26-23)16-20-18-9-3-5-11-22(18)27-24(20)25;1-3-7-20-16(5-1)18-15-19-17-6-2-4-8-21(17)26-23(19)24(22(18)25-20)29-14-11-27-9-12-28-13-10-27;1-3-27(4-2)13-14-28-24-22-18(16-9-5-7-11-20(16)25-22)15-19-17-10-6-8-12-21(17)26-23(19)24/h2-5,8-11,16,26-27H,1,6-7,12-15H2;1-8,15,25-26H,9-14H2;5-12,15,25-26H,3-4,13-14H2,1-2H3. The molecule has 13 nitrogen and oxygen atoms in total. The van der Waals surface area contributed by atoms with Gasteiger partial charge in [-0.1, -0.05) is 129 Å². The highest BCUT2D eigenvalue weighted by molar-refractivity contribution is 6.23. The second-order valence-electron chi connectivity index (χ2n) is 23.1. The molecule has 0 spiro atoms. The van der Waals surface area contributed by atoms with Gasteiger partial charge < -0.3 is 53.8 Å². The van der Waals surface area contributed by atoms with Crippen molar-refractivity contribution in [2.45, 2.75) is 33.1 Å². The van der Waals surface area contributed by atoms with Gasteiger partial charge >= 0.3 is 0 Å². The Morgan fingerprint density at radius 1 is 0.349 bits per heavy atom. The molecular formula is C73H73N9O4. The van der Waals surface area contributed by atoms with Gasteiger partial charge in [0.15, 0.2) is 17.2 Å². The van der Waals surface area contributed by atoms with Crippen LogP contribution in [0.3, 0.4) is 0 Å². The van der Waals surface area contributed by atoms with Gasteiger partial charge in [-0.25, -0.2) is 0 Å². The number of ether oxygens (including phenoxy) is 4. The van der Waals surface area contributed by atoms with Crippen LogP contribution in [0, 0.1) is 0 Å². The van der Waals surface area contributed by atoms with Gasteiger partial charge in [0.2, 0.25) is 0 Å². The maximum absolute atomic E-state index is 6.49. The molecule has 0 unspecified atom stereocenters. The normalized spacial score (nSPS) is 14.5. The minimum absolute atomic E-state index is 0.652. The number of morpholine rings is 1. The third-order valence-corrected chi connectivity index (χ3v) is 18.1. The lowest BCUT2D eigenvalue weighted by Gasteiger charge is -2.26. The van der Waals surface area contributed by atoms with Crippen LogP contribution < -0.4 is 14.2 Å². The molecule has 6 aromatic heterocycles. The SMILES string of the molecule is CCN(CC)CCOc1c2[nH]c3ccccc3c2cc2c1[nH]c1ccccc12.c1ccc2c(c1)[nH]c1c(OCCN3CCCCC3)c3[nH]c4ccccc4c3cc12.c1ccc2c(c1)[nH]c1c(OCCN3CCOCC3)c3[nH]c4ccccc4c3cc12. The Kier molecular flexibility index (Phi) is 14.7. The molecule has 2 aliphatic rings. The summed E-state index contributed by atoms with van der Waals surface area (Å²) < 4.78 is 24.8. The molecule has 2 saturated heterocycles. The van der Waals surface area contributed by atoms with E-state index < -0.39 is 0 Å². The minimum atomic E-state index is 0.652. The van der Waals surface area contributed by atoms with Crippen LogP contribution in [0.1, 0.15) is 33.1 Å². The molecule has 15 aromatic rings. The van der Waals surface area contributed by atoms with E-state index in [1.807, 2.05) is 0 Å². The van der Waals surface area contributed by atoms with E-state index in [1.54, 1.807) is 0 Å². The highest BCUT2D eigenvalue weighted by Crippen LogP contribution is 2.44. The van der Waals surface area contributed by atoms with Crippen molar-refractivity contribution < 1.29 is 18.9 Å². The fraction of sp³-hybridized carbons (Fsp3) is 0.260. The number of benzene rings is 9. The van der Waals surface area contributed by atoms with Gasteiger partial charge in [-0.05, 0) is 93.6 Å². The third kappa shape index (κ3) is 9.97. The summed E-state index contributed by atoms with van der Waals surface area (Å²) in [5, 5.41) is 14.7. The number of fused-ring (bicyclic) bond motifs is 18. The molecule has 434 valence electrons.